The lowest BCUT2D eigenvalue weighted by atomic mass is 9.92. The molecule has 2 heterocycles. The number of carbonyl (C=O) groups is 1. The molecule has 2 saturated heterocycles. The Labute approximate surface area is 130 Å². The zero-order valence-electron chi connectivity index (χ0n) is 12.6. The third kappa shape index (κ3) is 2.04. The molecule has 22 heavy (non-hydrogen) atoms. The predicted molar refractivity (Wildman–Crippen MR) is 88.2 cm³/mol. The van der Waals surface area contributed by atoms with Gasteiger partial charge in [0.15, 0.2) is 0 Å². The van der Waals surface area contributed by atoms with Crippen LogP contribution in [0.15, 0.2) is 54.7 Å². The molecular weight excluding hydrogens is 272 g/mol. The Bertz CT molecular complexity index is 723. The molecule has 0 saturated carbocycles. The summed E-state index contributed by atoms with van der Waals surface area (Å²) in [5, 5.41) is 5.88. The average molecular weight is 292 g/mol. The van der Waals surface area contributed by atoms with E-state index in [1.165, 1.54) is 16.3 Å². The van der Waals surface area contributed by atoms with Gasteiger partial charge in [0.25, 0.3) is 0 Å². The molecular formula is C19H20N2O. The summed E-state index contributed by atoms with van der Waals surface area (Å²) in [4.78, 5) is 14.6. The molecule has 3 heteroatoms. The van der Waals surface area contributed by atoms with Crippen LogP contribution >= 0.6 is 0 Å². The second-order valence-electron chi connectivity index (χ2n) is 6.23. The summed E-state index contributed by atoms with van der Waals surface area (Å²) in [6, 6.07) is 14.8. The Kier molecular flexibility index (Phi) is 3.23. The van der Waals surface area contributed by atoms with Gasteiger partial charge in [0.1, 0.15) is 0 Å². The molecule has 0 spiro atoms. The largest absolute Gasteiger partial charge is 0.310 e. The monoisotopic (exact) mass is 292 g/mol. The van der Waals surface area contributed by atoms with Crippen LogP contribution in [-0.4, -0.2) is 23.4 Å². The lowest BCUT2D eigenvalue weighted by Crippen LogP contribution is -2.40. The van der Waals surface area contributed by atoms with Crippen LogP contribution in [0.4, 0.5) is 0 Å². The van der Waals surface area contributed by atoms with Gasteiger partial charge in [0.05, 0.1) is 18.5 Å². The zero-order valence-corrected chi connectivity index (χ0v) is 12.6. The molecule has 0 aliphatic carbocycles. The molecule has 0 bridgehead atoms. The number of amides is 1. The van der Waals surface area contributed by atoms with Crippen molar-refractivity contribution in [1.82, 2.24) is 10.2 Å². The Morgan fingerprint density at radius 2 is 2.00 bits per heavy atom. The topological polar surface area (TPSA) is 32.3 Å². The summed E-state index contributed by atoms with van der Waals surface area (Å²) in [6.07, 6.45) is 2.05. The van der Waals surface area contributed by atoms with E-state index in [2.05, 4.69) is 42.2 Å². The molecule has 2 fully saturated rings. The van der Waals surface area contributed by atoms with Gasteiger partial charge >= 0.3 is 0 Å². The van der Waals surface area contributed by atoms with Gasteiger partial charge in [-0.05, 0) is 35.7 Å². The summed E-state index contributed by atoms with van der Waals surface area (Å²) >= 11 is 0. The third-order valence-electron chi connectivity index (χ3n) is 4.96. The van der Waals surface area contributed by atoms with Crippen LogP contribution in [-0.2, 0) is 11.3 Å². The van der Waals surface area contributed by atoms with Crippen LogP contribution in [0.1, 0.15) is 18.4 Å². The first-order valence-electron chi connectivity index (χ1n) is 7.96. The maximum absolute atomic E-state index is 12.7. The number of likely N-dealkylation sites (tertiary alicyclic amines) is 1. The van der Waals surface area contributed by atoms with Gasteiger partial charge in [-0.3, -0.25) is 4.79 Å². The SMILES string of the molecule is C=C1C2NCCCC2C(=O)N1Cc1cccc2ccccc12. The van der Waals surface area contributed by atoms with Crippen LogP contribution in [0, 0.1) is 5.92 Å². The molecule has 3 nitrogen and oxygen atoms in total. The molecule has 2 unspecified atom stereocenters. The number of benzene rings is 2. The lowest BCUT2D eigenvalue weighted by molar-refractivity contribution is -0.131. The normalized spacial score (nSPS) is 24.8. The maximum atomic E-state index is 12.7. The average Bonchev–Trinajstić information content (AvgIpc) is 2.81. The smallest absolute Gasteiger partial charge is 0.232 e. The number of hydrogen-bond donors (Lipinski definition) is 1. The second-order valence-corrected chi connectivity index (χ2v) is 6.23. The number of nitrogens with one attached hydrogen (secondary N) is 1. The van der Waals surface area contributed by atoms with Crippen LogP contribution in [0.5, 0.6) is 0 Å². The van der Waals surface area contributed by atoms with Gasteiger partial charge in [0, 0.05) is 5.70 Å². The van der Waals surface area contributed by atoms with E-state index < -0.39 is 0 Å². The van der Waals surface area contributed by atoms with Crippen molar-refractivity contribution in [1.29, 1.82) is 0 Å². The summed E-state index contributed by atoms with van der Waals surface area (Å²) in [7, 11) is 0. The van der Waals surface area contributed by atoms with Crippen molar-refractivity contribution in [3.63, 3.8) is 0 Å². The predicted octanol–water partition coefficient (Wildman–Crippen LogP) is 3.06. The van der Waals surface area contributed by atoms with Crippen LogP contribution in [0.3, 0.4) is 0 Å². The van der Waals surface area contributed by atoms with E-state index >= 15 is 0 Å². The third-order valence-corrected chi connectivity index (χ3v) is 4.96. The van der Waals surface area contributed by atoms with Gasteiger partial charge < -0.3 is 10.2 Å². The fraction of sp³-hybridized carbons (Fsp3) is 0.316. The lowest BCUT2D eigenvalue weighted by Gasteiger charge is -2.24. The van der Waals surface area contributed by atoms with Crippen LogP contribution in [0.25, 0.3) is 10.8 Å². The van der Waals surface area contributed by atoms with Crippen LogP contribution in [0.2, 0.25) is 0 Å². The number of piperidine rings is 1. The van der Waals surface area contributed by atoms with Gasteiger partial charge in [0.2, 0.25) is 5.91 Å². The van der Waals surface area contributed by atoms with E-state index in [1.54, 1.807) is 0 Å². The van der Waals surface area contributed by atoms with Gasteiger partial charge in [-0.15, -0.1) is 0 Å². The number of nitrogens with zero attached hydrogens (tertiary/aromatic N) is 1. The zero-order chi connectivity index (χ0) is 15.1. The Balaban J connectivity index is 1.68. The van der Waals surface area contributed by atoms with E-state index in [4.69, 9.17) is 0 Å². The van der Waals surface area contributed by atoms with Gasteiger partial charge in [-0.25, -0.2) is 0 Å². The fourth-order valence-electron chi connectivity index (χ4n) is 3.79. The summed E-state index contributed by atoms with van der Waals surface area (Å²) < 4.78 is 0. The molecule has 2 aromatic rings. The summed E-state index contributed by atoms with van der Waals surface area (Å²) in [5.74, 6) is 0.311. The Morgan fingerprint density at radius 3 is 2.86 bits per heavy atom. The molecule has 1 amide bonds. The molecule has 0 radical (unpaired) electrons. The fourth-order valence-corrected chi connectivity index (χ4v) is 3.79. The van der Waals surface area contributed by atoms with E-state index in [-0.39, 0.29) is 17.9 Å². The minimum atomic E-state index is 0.0798. The molecule has 4 rings (SSSR count). The Morgan fingerprint density at radius 1 is 1.18 bits per heavy atom. The number of carbonyl (C=O) groups excluding carboxylic acids is 1. The Hall–Kier alpha value is -2.13. The highest BCUT2D eigenvalue weighted by molar-refractivity contribution is 5.88. The maximum Gasteiger partial charge on any atom is 0.232 e. The quantitative estimate of drug-likeness (QED) is 0.922. The van der Waals surface area contributed by atoms with Crippen LogP contribution < -0.4 is 5.32 Å². The first-order chi connectivity index (χ1) is 10.8. The molecule has 1 N–H and O–H groups in total. The molecule has 2 aromatic carbocycles. The number of fused-ring (bicyclic) bond motifs is 2. The van der Waals surface area contributed by atoms with Gasteiger partial charge in [-0.2, -0.15) is 0 Å². The van der Waals surface area contributed by atoms with Crippen molar-refractivity contribution in [3.05, 3.63) is 60.3 Å². The highest BCUT2D eigenvalue weighted by Gasteiger charge is 2.44. The van der Waals surface area contributed by atoms with Crippen molar-refractivity contribution < 1.29 is 4.79 Å². The first kappa shape index (κ1) is 13.5. The standard InChI is InChI=1S/C19H20N2O/c1-13-18-17(10-5-11-20-18)19(22)21(13)12-15-8-4-7-14-6-2-3-9-16(14)15/h2-4,6-9,17-18,20H,1,5,10-12H2. The summed E-state index contributed by atoms with van der Waals surface area (Å²) in [5.41, 5.74) is 2.12. The minimum Gasteiger partial charge on any atom is -0.310 e. The van der Waals surface area contributed by atoms with E-state index in [9.17, 15) is 4.79 Å². The molecule has 112 valence electrons. The van der Waals surface area contributed by atoms with Gasteiger partial charge in [-0.1, -0.05) is 49.0 Å². The van der Waals surface area contributed by atoms with Crippen molar-refractivity contribution in [2.45, 2.75) is 25.4 Å². The molecule has 0 aromatic heterocycles. The molecule has 2 aliphatic heterocycles. The number of hydrogen-bond acceptors (Lipinski definition) is 2. The molecule has 2 atom stereocenters. The van der Waals surface area contributed by atoms with Crippen molar-refractivity contribution >= 4 is 16.7 Å². The minimum absolute atomic E-state index is 0.0798. The van der Waals surface area contributed by atoms with E-state index in [0.29, 0.717) is 6.54 Å². The highest BCUT2D eigenvalue weighted by atomic mass is 16.2. The van der Waals surface area contributed by atoms with Crippen molar-refractivity contribution in [2.24, 2.45) is 5.92 Å². The van der Waals surface area contributed by atoms with E-state index in [1.807, 2.05) is 17.0 Å². The second kappa shape index (κ2) is 5.25. The highest BCUT2D eigenvalue weighted by Crippen LogP contribution is 2.34. The van der Waals surface area contributed by atoms with Crippen molar-refractivity contribution in [2.75, 3.05) is 6.54 Å². The van der Waals surface area contributed by atoms with E-state index in [0.717, 1.165) is 25.1 Å². The first-order valence-corrected chi connectivity index (χ1v) is 7.96. The molecule has 2 aliphatic rings. The van der Waals surface area contributed by atoms with Crippen molar-refractivity contribution in [3.8, 4) is 0 Å². The summed E-state index contributed by atoms with van der Waals surface area (Å²) in [6.45, 7) is 5.79. The number of rotatable bonds is 2.